The summed E-state index contributed by atoms with van der Waals surface area (Å²) in [6.45, 7) is 6.23. The first-order chi connectivity index (χ1) is 41.0. The van der Waals surface area contributed by atoms with Gasteiger partial charge in [-0.1, -0.05) is 280 Å². The Hall–Kier alpha value is -5.49. The highest BCUT2D eigenvalue weighted by Gasteiger charge is 2.19. The third-order valence-electron chi connectivity index (χ3n) is 13.4. The van der Waals surface area contributed by atoms with Crippen LogP contribution in [0.1, 0.15) is 265 Å². The number of hydrogen-bond acceptors (Lipinski definition) is 6. The third kappa shape index (κ3) is 67.2. The molecule has 1 atom stereocenters. The predicted molar refractivity (Wildman–Crippen MR) is 361 cm³/mol. The van der Waals surface area contributed by atoms with Crippen LogP contribution in [-0.2, 0) is 28.6 Å². The molecule has 0 aliphatic rings. The second kappa shape index (κ2) is 69.0. The fourth-order valence-corrected chi connectivity index (χ4v) is 8.53. The zero-order chi connectivity index (χ0) is 59.9. The van der Waals surface area contributed by atoms with Crippen molar-refractivity contribution in [2.45, 2.75) is 271 Å². The minimum atomic E-state index is -0.832. The molecule has 0 fully saturated rings. The first-order valence-corrected chi connectivity index (χ1v) is 33.3. The van der Waals surface area contributed by atoms with Crippen molar-refractivity contribution < 1.29 is 28.6 Å². The molecular formula is C77H120O6. The van der Waals surface area contributed by atoms with E-state index < -0.39 is 6.10 Å². The highest BCUT2D eigenvalue weighted by atomic mass is 16.6. The van der Waals surface area contributed by atoms with Gasteiger partial charge >= 0.3 is 17.9 Å². The summed E-state index contributed by atoms with van der Waals surface area (Å²) in [6, 6.07) is 0. The maximum absolute atomic E-state index is 12.9. The Morgan fingerprint density at radius 3 is 0.711 bits per heavy atom. The molecule has 0 rings (SSSR count). The van der Waals surface area contributed by atoms with Crippen LogP contribution in [0.2, 0.25) is 0 Å². The van der Waals surface area contributed by atoms with E-state index in [1.165, 1.54) is 64.2 Å². The first kappa shape index (κ1) is 77.5. The average Bonchev–Trinajstić information content (AvgIpc) is 3.49. The molecule has 0 aromatic rings. The molecule has 1 unspecified atom stereocenters. The van der Waals surface area contributed by atoms with Gasteiger partial charge < -0.3 is 14.2 Å². The first-order valence-electron chi connectivity index (χ1n) is 33.3. The number of esters is 3. The molecule has 0 spiro atoms. The van der Waals surface area contributed by atoms with E-state index >= 15 is 0 Å². The maximum Gasteiger partial charge on any atom is 0.306 e. The second-order valence-corrected chi connectivity index (χ2v) is 21.2. The number of allylic oxidation sites excluding steroid dienone is 30. The molecule has 0 amide bonds. The maximum atomic E-state index is 12.9. The van der Waals surface area contributed by atoms with Gasteiger partial charge in [0.2, 0.25) is 0 Å². The zero-order valence-corrected chi connectivity index (χ0v) is 53.1. The van der Waals surface area contributed by atoms with Crippen LogP contribution >= 0.6 is 0 Å². The molecule has 0 saturated heterocycles. The molecule has 0 aromatic carbocycles. The summed E-state index contributed by atoms with van der Waals surface area (Å²) in [5, 5.41) is 0. The van der Waals surface area contributed by atoms with Crippen LogP contribution in [-0.4, -0.2) is 37.2 Å². The summed E-state index contributed by atoms with van der Waals surface area (Å²) in [6.07, 6.45) is 103. The third-order valence-corrected chi connectivity index (χ3v) is 13.4. The molecule has 83 heavy (non-hydrogen) atoms. The Labute approximate surface area is 510 Å². The van der Waals surface area contributed by atoms with Gasteiger partial charge in [0.25, 0.3) is 0 Å². The van der Waals surface area contributed by atoms with Gasteiger partial charge in [-0.15, -0.1) is 0 Å². The van der Waals surface area contributed by atoms with Crippen molar-refractivity contribution in [2.75, 3.05) is 13.2 Å². The molecule has 0 aromatic heterocycles. The summed E-state index contributed by atoms with van der Waals surface area (Å²) >= 11 is 0. The number of carbonyl (C=O) groups excluding carboxylic acids is 3. The molecule has 0 aliphatic heterocycles. The second-order valence-electron chi connectivity index (χ2n) is 21.2. The van der Waals surface area contributed by atoms with Gasteiger partial charge in [-0.25, -0.2) is 0 Å². The summed E-state index contributed by atoms with van der Waals surface area (Å²) in [5.41, 5.74) is 0. The van der Waals surface area contributed by atoms with Crippen molar-refractivity contribution in [3.8, 4) is 0 Å². The normalized spacial score (nSPS) is 13.3. The molecule has 6 heteroatoms. The number of rotatable bonds is 58. The standard InChI is InChI=1S/C77H120O6/c1-4-7-10-13-16-19-22-25-28-31-33-35-37-38-40-41-43-46-49-52-55-58-61-64-67-70-76(79)82-73-74(72-81-75(78)69-66-63-60-57-54-51-48-45-30-27-24-21-18-15-12-9-6-3)83-77(80)71-68-65-62-59-56-53-50-47-44-42-39-36-34-32-29-26-23-20-17-14-11-8-5-2/h7-12,16-21,25-30,33-36,42,44,48,50-51,53,59,62,74H,4-6,13-15,22-24,31-32,37-41,43,45-47,49,52,54-58,60-61,63-73H2,1-3H3/b10-7-,11-8-,12-9-,19-16-,20-17-,21-18-,28-25-,29-26-,30-27-,35-33-,36-34-,44-42-,51-48-,53-50-,62-59-. The van der Waals surface area contributed by atoms with E-state index in [0.29, 0.717) is 19.3 Å². The van der Waals surface area contributed by atoms with Gasteiger partial charge in [0.05, 0.1) is 0 Å². The van der Waals surface area contributed by atoms with Crippen LogP contribution in [0.25, 0.3) is 0 Å². The van der Waals surface area contributed by atoms with Crippen LogP contribution in [0.15, 0.2) is 182 Å². The fourth-order valence-electron chi connectivity index (χ4n) is 8.53. The van der Waals surface area contributed by atoms with Gasteiger partial charge in [-0.3, -0.25) is 14.4 Å². The van der Waals surface area contributed by atoms with Crippen LogP contribution in [0.3, 0.4) is 0 Å². The quantitative estimate of drug-likeness (QED) is 0.0261. The molecule has 0 saturated carbocycles. The molecule has 0 heterocycles. The molecule has 0 N–H and O–H groups in total. The Morgan fingerprint density at radius 2 is 0.446 bits per heavy atom. The van der Waals surface area contributed by atoms with Gasteiger partial charge in [0, 0.05) is 19.3 Å². The van der Waals surface area contributed by atoms with Crippen molar-refractivity contribution in [3.63, 3.8) is 0 Å². The smallest absolute Gasteiger partial charge is 0.306 e. The number of carbonyl (C=O) groups is 3. The van der Waals surface area contributed by atoms with Crippen LogP contribution in [0, 0.1) is 0 Å². The Bertz CT molecular complexity index is 1940. The van der Waals surface area contributed by atoms with Crippen LogP contribution in [0.4, 0.5) is 0 Å². The molecule has 464 valence electrons. The van der Waals surface area contributed by atoms with E-state index in [9.17, 15) is 14.4 Å². The summed E-state index contributed by atoms with van der Waals surface area (Å²) in [4.78, 5) is 38.4. The van der Waals surface area contributed by atoms with Crippen LogP contribution < -0.4 is 0 Å². The fraction of sp³-hybridized carbons (Fsp3) is 0.571. The molecule has 0 bridgehead atoms. The van der Waals surface area contributed by atoms with Crippen LogP contribution in [0.5, 0.6) is 0 Å². The van der Waals surface area contributed by atoms with Crippen molar-refractivity contribution in [2.24, 2.45) is 0 Å². The van der Waals surface area contributed by atoms with Gasteiger partial charge in [0.1, 0.15) is 13.2 Å². The number of hydrogen-bond donors (Lipinski definition) is 0. The van der Waals surface area contributed by atoms with E-state index in [2.05, 4.69) is 203 Å². The molecule has 6 nitrogen and oxygen atoms in total. The van der Waals surface area contributed by atoms with Gasteiger partial charge in [-0.2, -0.15) is 0 Å². The minimum Gasteiger partial charge on any atom is -0.462 e. The topological polar surface area (TPSA) is 78.9 Å². The van der Waals surface area contributed by atoms with Gasteiger partial charge in [-0.05, 0) is 148 Å². The van der Waals surface area contributed by atoms with Crippen molar-refractivity contribution in [1.29, 1.82) is 0 Å². The van der Waals surface area contributed by atoms with Crippen molar-refractivity contribution in [3.05, 3.63) is 182 Å². The lowest BCUT2D eigenvalue weighted by Gasteiger charge is -2.18. The molecule has 0 radical (unpaired) electrons. The summed E-state index contributed by atoms with van der Waals surface area (Å²) in [7, 11) is 0. The van der Waals surface area contributed by atoms with E-state index in [4.69, 9.17) is 14.2 Å². The minimum absolute atomic E-state index is 0.119. The lowest BCUT2D eigenvalue weighted by molar-refractivity contribution is -0.167. The summed E-state index contributed by atoms with van der Waals surface area (Å²) < 4.78 is 16.9. The lowest BCUT2D eigenvalue weighted by Crippen LogP contribution is -2.30. The average molecular weight is 1140 g/mol. The molecular weight excluding hydrogens is 1020 g/mol. The van der Waals surface area contributed by atoms with E-state index in [-0.39, 0.29) is 37.5 Å². The van der Waals surface area contributed by atoms with E-state index in [1.807, 2.05) is 0 Å². The van der Waals surface area contributed by atoms with E-state index in [1.54, 1.807) is 0 Å². The highest BCUT2D eigenvalue weighted by molar-refractivity contribution is 5.71. The monoisotopic (exact) mass is 1140 g/mol. The largest absolute Gasteiger partial charge is 0.462 e. The Kier molecular flexibility index (Phi) is 64.4. The van der Waals surface area contributed by atoms with Crippen molar-refractivity contribution >= 4 is 17.9 Å². The lowest BCUT2D eigenvalue weighted by atomic mass is 10.0. The SMILES string of the molecule is CC/C=C\C/C=C\C/C=C\C/C=C\C/C=C\C/C=C\C/C=C\CCCC(=O)OC(COC(=O)CCCCCC/C=C\C/C=C\C/C=C\C/C=C\CC)COC(=O)CCCCCCCCCCCCCC/C=C\C/C=C\C/C=C\C/C=C\CC. The highest BCUT2D eigenvalue weighted by Crippen LogP contribution is 2.15. The zero-order valence-electron chi connectivity index (χ0n) is 53.1. The van der Waals surface area contributed by atoms with E-state index in [0.717, 1.165) is 154 Å². The predicted octanol–water partition coefficient (Wildman–Crippen LogP) is 23.2. The van der Waals surface area contributed by atoms with Crippen molar-refractivity contribution in [1.82, 2.24) is 0 Å². The number of unbranched alkanes of at least 4 members (excludes halogenated alkanes) is 17. The van der Waals surface area contributed by atoms with Gasteiger partial charge in [0.15, 0.2) is 6.10 Å². The molecule has 0 aliphatic carbocycles. The number of ether oxygens (including phenoxy) is 3. The Balaban J connectivity index is 4.52. The summed E-state index contributed by atoms with van der Waals surface area (Å²) in [5.74, 6) is -1.01. The Morgan fingerprint density at radius 1 is 0.241 bits per heavy atom.